The van der Waals surface area contributed by atoms with Gasteiger partial charge in [0, 0.05) is 25.8 Å². The first-order valence-corrected chi connectivity index (χ1v) is 7.37. The van der Waals surface area contributed by atoms with E-state index in [4.69, 9.17) is 0 Å². The highest BCUT2D eigenvalue weighted by atomic mass is 127. The molecule has 94 valence electrons. The maximum Gasteiger partial charge on any atom is 0.129 e. The Morgan fingerprint density at radius 2 is 2.00 bits per heavy atom. The molecule has 0 saturated carbocycles. The van der Waals surface area contributed by atoms with Gasteiger partial charge >= 0.3 is 0 Å². The van der Waals surface area contributed by atoms with Crippen LogP contribution < -0.4 is 5.32 Å². The van der Waals surface area contributed by atoms with Crippen molar-refractivity contribution in [2.24, 2.45) is 0 Å². The lowest BCUT2D eigenvalue weighted by Crippen LogP contribution is -2.02. The van der Waals surface area contributed by atoms with Crippen LogP contribution in [0, 0.1) is 16.3 Å². The quantitative estimate of drug-likeness (QED) is 0.681. The topological polar surface area (TPSA) is 12.0 Å². The number of anilines is 1. The molecule has 0 aliphatic carbocycles. The summed E-state index contributed by atoms with van der Waals surface area (Å²) >= 11 is 5.54. The van der Waals surface area contributed by atoms with Crippen LogP contribution in [-0.4, -0.2) is 0 Å². The first-order valence-electron chi connectivity index (χ1n) is 5.50. The summed E-state index contributed by atoms with van der Waals surface area (Å²) in [6.45, 7) is 2.55. The minimum absolute atomic E-state index is 0.196. The third-order valence-corrected chi connectivity index (χ3v) is 4.33. The molecule has 0 amide bonds. The first kappa shape index (κ1) is 13.8. The SMILES string of the molecule is Cc1ccc(NCc2ccc(Br)cc2F)cc1I. The molecule has 0 radical (unpaired) electrons. The van der Waals surface area contributed by atoms with Gasteiger partial charge in [0.25, 0.3) is 0 Å². The largest absolute Gasteiger partial charge is 0.381 e. The van der Waals surface area contributed by atoms with Crippen molar-refractivity contribution < 1.29 is 4.39 Å². The molecule has 2 aromatic carbocycles. The Kier molecular flexibility index (Phi) is 4.61. The van der Waals surface area contributed by atoms with Crippen molar-refractivity contribution in [3.8, 4) is 0 Å². The molecular weight excluding hydrogens is 408 g/mol. The van der Waals surface area contributed by atoms with Crippen molar-refractivity contribution in [1.29, 1.82) is 0 Å². The number of hydrogen-bond donors (Lipinski definition) is 1. The summed E-state index contributed by atoms with van der Waals surface area (Å²) < 4.78 is 15.6. The zero-order valence-corrected chi connectivity index (χ0v) is 13.5. The summed E-state index contributed by atoms with van der Waals surface area (Å²) in [7, 11) is 0. The fourth-order valence-corrected chi connectivity index (χ4v) is 2.41. The lowest BCUT2D eigenvalue weighted by molar-refractivity contribution is 0.612. The molecule has 2 aromatic rings. The van der Waals surface area contributed by atoms with Crippen LogP contribution in [0.25, 0.3) is 0 Å². The Balaban J connectivity index is 2.09. The van der Waals surface area contributed by atoms with Gasteiger partial charge < -0.3 is 5.32 Å². The average molecular weight is 420 g/mol. The van der Waals surface area contributed by atoms with Crippen LogP contribution in [-0.2, 0) is 6.54 Å². The number of halogens is 3. The predicted molar refractivity (Wildman–Crippen MR) is 85.3 cm³/mol. The summed E-state index contributed by atoms with van der Waals surface area (Å²) in [6, 6.07) is 11.2. The van der Waals surface area contributed by atoms with Gasteiger partial charge in [-0.25, -0.2) is 4.39 Å². The molecule has 18 heavy (non-hydrogen) atoms. The third-order valence-electron chi connectivity index (χ3n) is 2.67. The standard InChI is InChI=1S/C14H12BrFIN/c1-9-2-5-12(7-14(9)17)18-8-10-3-4-11(15)6-13(10)16/h2-7,18H,8H2,1H3. The summed E-state index contributed by atoms with van der Waals surface area (Å²) in [5.41, 5.74) is 2.91. The van der Waals surface area contributed by atoms with Crippen LogP contribution in [0.15, 0.2) is 40.9 Å². The van der Waals surface area contributed by atoms with E-state index < -0.39 is 0 Å². The lowest BCUT2D eigenvalue weighted by atomic mass is 10.2. The highest BCUT2D eigenvalue weighted by Gasteiger charge is 2.03. The maximum absolute atomic E-state index is 13.6. The van der Waals surface area contributed by atoms with Crippen molar-refractivity contribution in [2.45, 2.75) is 13.5 Å². The molecule has 1 nitrogen and oxygen atoms in total. The number of rotatable bonds is 3. The maximum atomic E-state index is 13.6. The Hall–Kier alpha value is -0.620. The molecule has 0 spiro atoms. The highest BCUT2D eigenvalue weighted by Crippen LogP contribution is 2.19. The number of benzene rings is 2. The Morgan fingerprint density at radius 1 is 1.22 bits per heavy atom. The Labute approximate surface area is 128 Å². The van der Waals surface area contributed by atoms with Gasteiger partial charge in [-0.3, -0.25) is 0 Å². The van der Waals surface area contributed by atoms with Gasteiger partial charge in [0.05, 0.1) is 0 Å². The molecule has 0 heterocycles. The van der Waals surface area contributed by atoms with E-state index in [9.17, 15) is 4.39 Å². The van der Waals surface area contributed by atoms with Crippen LogP contribution in [0.3, 0.4) is 0 Å². The van der Waals surface area contributed by atoms with Crippen LogP contribution in [0.1, 0.15) is 11.1 Å². The molecule has 0 aliphatic rings. The van der Waals surface area contributed by atoms with Gasteiger partial charge in [-0.05, 0) is 59.3 Å². The smallest absolute Gasteiger partial charge is 0.129 e. The molecule has 0 unspecified atom stereocenters. The minimum atomic E-state index is -0.196. The van der Waals surface area contributed by atoms with E-state index >= 15 is 0 Å². The lowest BCUT2D eigenvalue weighted by Gasteiger charge is -2.09. The number of nitrogens with one attached hydrogen (secondary N) is 1. The molecule has 1 N–H and O–H groups in total. The summed E-state index contributed by atoms with van der Waals surface area (Å²) in [5.74, 6) is -0.196. The molecule has 0 atom stereocenters. The molecule has 2 rings (SSSR count). The highest BCUT2D eigenvalue weighted by molar-refractivity contribution is 14.1. The summed E-state index contributed by atoms with van der Waals surface area (Å²) in [4.78, 5) is 0. The third kappa shape index (κ3) is 3.45. The van der Waals surface area contributed by atoms with Gasteiger partial charge in [-0.2, -0.15) is 0 Å². The normalized spacial score (nSPS) is 10.4. The van der Waals surface area contributed by atoms with Crippen LogP contribution in [0.4, 0.5) is 10.1 Å². The second-order valence-corrected chi connectivity index (χ2v) is 6.13. The number of hydrogen-bond acceptors (Lipinski definition) is 1. The number of aryl methyl sites for hydroxylation is 1. The van der Waals surface area contributed by atoms with E-state index in [2.05, 4.69) is 62.9 Å². The molecule has 0 bridgehead atoms. The summed E-state index contributed by atoms with van der Waals surface area (Å²) in [6.07, 6.45) is 0. The van der Waals surface area contributed by atoms with Gasteiger partial charge in [0.1, 0.15) is 5.82 Å². The van der Waals surface area contributed by atoms with E-state index in [-0.39, 0.29) is 5.82 Å². The van der Waals surface area contributed by atoms with Crippen LogP contribution >= 0.6 is 38.5 Å². The molecule has 0 aromatic heterocycles. The van der Waals surface area contributed by atoms with Crippen molar-refractivity contribution in [2.75, 3.05) is 5.32 Å². The zero-order chi connectivity index (χ0) is 13.1. The van der Waals surface area contributed by atoms with Crippen molar-refractivity contribution in [3.05, 3.63) is 61.4 Å². The Morgan fingerprint density at radius 3 is 2.67 bits per heavy atom. The van der Waals surface area contributed by atoms with Crippen molar-refractivity contribution in [3.63, 3.8) is 0 Å². The van der Waals surface area contributed by atoms with Gasteiger partial charge in [0.15, 0.2) is 0 Å². The molecular formula is C14H12BrFIN. The average Bonchev–Trinajstić information content (AvgIpc) is 2.32. The second-order valence-electron chi connectivity index (χ2n) is 4.05. The zero-order valence-electron chi connectivity index (χ0n) is 9.81. The van der Waals surface area contributed by atoms with Gasteiger partial charge in [-0.15, -0.1) is 0 Å². The molecule has 0 fully saturated rings. The molecule has 0 aliphatic heterocycles. The van der Waals surface area contributed by atoms with Crippen LogP contribution in [0.5, 0.6) is 0 Å². The van der Waals surface area contributed by atoms with Crippen molar-refractivity contribution >= 4 is 44.2 Å². The monoisotopic (exact) mass is 419 g/mol. The molecule has 4 heteroatoms. The van der Waals surface area contributed by atoms with Crippen molar-refractivity contribution in [1.82, 2.24) is 0 Å². The summed E-state index contributed by atoms with van der Waals surface area (Å²) in [5, 5.41) is 3.23. The van der Waals surface area contributed by atoms with E-state index in [0.29, 0.717) is 12.1 Å². The van der Waals surface area contributed by atoms with Gasteiger partial charge in [0.2, 0.25) is 0 Å². The fraction of sp³-hybridized carbons (Fsp3) is 0.143. The molecule has 0 saturated heterocycles. The fourth-order valence-electron chi connectivity index (χ4n) is 1.57. The minimum Gasteiger partial charge on any atom is -0.381 e. The van der Waals surface area contributed by atoms with E-state index in [1.54, 1.807) is 6.07 Å². The van der Waals surface area contributed by atoms with Crippen LogP contribution in [0.2, 0.25) is 0 Å². The van der Waals surface area contributed by atoms with E-state index in [1.165, 1.54) is 15.2 Å². The van der Waals surface area contributed by atoms with E-state index in [1.807, 2.05) is 12.1 Å². The first-order chi connectivity index (χ1) is 8.56. The van der Waals surface area contributed by atoms with E-state index in [0.717, 1.165) is 10.2 Å². The Bertz CT molecular complexity index is 572. The van der Waals surface area contributed by atoms with Gasteiger partial charge in [-0.1, -0.05) is 28.1 Å². The second kappa shape index (κ2) is 6.02. The predicted octanol–water partition coefficient (Wildman–Crippen LogP) is 5.11.